The monoisotopic (exact) mass is 319 g/mol. The number of nitrogens with zero attached hydrogens (tertiary/aromatic N) is 1. The smallest absolute Gasteiger partial charge is 0.207 e. The second-order valence-electron chi connectivity index (χ2n) is 4.06. The third kappa shape index (κ3) is 3.30. The molecule has 0 spiro atoms. The number of sulfonamides is 1. The van der Waals surface area contributed by atoms with E-state index in [-0.39, 0.29) is 6.04 Å². The number of rotatable bonds is 5. The van der Waals surface area contributed by atoms with Gasteiger partial charge in [0.2, 0.25) is 10.0 Å². The van der Waals surface area contributed by atoms with Crippen molar-refractivity contribution in [3.63, 3.8) is 0 Å². The first kappa shape index (κ1) is 14.7. The minimum absolute atomic E-state index is 0.0100. The molecular formula is C12H18BrNO2S. The van der Waals surface area contributed by atoms with E-state index < -0.39 is 10.0 Å². The summed E-state index contributed by atoms with van der Waals surface area (Å²) in [5.74, 6) is 0. The van der Waals surface area contributed by atoms with E-state index in [1.165, 1.54) is 4.31 Å². The third-order valence-corrected chi connectivity index (χ3v) is 5.60. The molecule has 1 rings (SSSR count). The highest BCUT2D eigenvalue weighted by Crippen LogP contribution is 2.18. The standard InChI is InChI=1S/C12H18BrNO2S/c1-4-10(2)14(3)17(15,16)12-7-5-11(9-13)6-8-12/h5-8,10H,4,9H2,1-3H3. The quantitative estimate of drug-likeness (QED) is 0.782. The Morgan fingerprint density at radius 2 is 1.82 bits per heavy atom. The summed E-state index contributed by atoms with van der Waals surface area (Å²) in [5, 5.41) is 0.731. The highest BCUT2D eigenvalue weighted by Gasteiger charge is 2.23. The lowest BCUT2D eigenvalue weighted by Crippen LogP contribution is -2.34. The van der Waals surface area contributed by atoms with E-state index in [9.17, 15) is 8.42 Å². The number of alkyl halides is 1. The van der Waals surface area contributed by atoms with E-state index >= 15 is 0 Å². The van der Waals surface area contributed by atoms with Gasteiger partial charge in [0.25, 0.3) is 0 Å². The molecule has 0 bridgehead atoms. The van der Waals surface area contributed by atoms with Gasteiger partial charge in [-0.1, -0.05) is 35.0 Å². The molecule has 0 N–H and O–H groups in total. The van der Waals surface area contributed by atoms with Gasteiger partial charge in [0.1, 0.15) is 0 Å². The lowest BCUT2D eigenvalue weighted by molar-refractivity contribution is 0.380. The molecule has 5 heteroatoms. The molecule has 0 radical (unpaired) electrons. The lowest BCUT2D eigenvalue weighted by atomic mass is 10.2. The van der Waals surface area contributed by atoms with Crippen LogP contribution in [0.15, 0.2) is 29.2 Å². The number of benzene rings is 1. The van der Waals surface area contributed by atoms with Crippen LogP contribution in [0.25, 0.3) is 0 Å². The average molecular weight is 320 g/mol. The van der Waals surface area contributed by atoms with Crippen molar-refractivity contribution in [1.82, 2.24) is 4.31 Å². The summed E-state index contributed by atoms with van der Waals surface area (Å²) in [6, 6.07) is 6.98. The Morgan fingerprint density at radius 3 is 2.24 bits per heavy atom. The Morgan fingerprint density at radius 1 is 1.29 bits per heavy atom. The molecule has 96 valence electrons. The van der Waals surface area contributed by atoms with Crippen molar-refractivity contribution in [2.75, 3.05) is 7.05 Å². The first-order chi connectivity index (χ1) is 7.93. The summed E-state index contributed by atoms with van der Waals surface area (Å²) in [5.41, 5.74) is 1.06. The van der Waals surface area contributed by atoms with Crippen LogP contribution >= 0.6 is 15.9 Å². The number of halogens is 1. The van der Waals surface area contributed by atoms with Crippen LogP contribution in [0.5, 0.6) is 0 Å². The van der Waals surface area contributed by atoms with Crippen LogP contribution in [0.2, 0.25) is 0 Å². The predicted octanol–water partition coefficient (Wildman–Crippen LogP) is 3.00. The molecule has 1 unspecified atom stereocenters. The van der Waals surface area contributed by atoms with Crippen molar-refractivity contribution in [3.8, 4) is 0 Å². The van der Waals surface area contributed by atoms with E-state index in [0.29, 0.717) is 4.90 Å². The minimum Gasteiger partial charge on any atom is -0.207 e. The van der Waals surface area contributed by atoms with E-state index in [1.54, 1.807) is 19.2 Å². The molecule has 0 aliphatic rings. The van der Waals surface area contributed by atoms with Crippen molar-refractivity contribution < 1.29 is 8.42 Å². The molecule has 0 heterocycles. The SMILES string of the molecule is CCC(C)N(C)S(=O)(=O)c1ccc(CBr)cc1. The average Bonchev–Trinajstić information content (AvgIpc) is 2.36. The maximum Gasteiger partial charge on any atom is 0.243 e. The molecule has 0 saturated carbocycles. The Hall–Kier alpha value is -0.390. The van der Waals surface area contributed by atoms with Crippen LogP contribution in [-0.2, 0) is 15.4 Å². The van der Waals surface area contributed by atoms with E-state index in [4.69, 9.17) is 0 Å². The normalized spacial score (nSPS) is 13.9. The van der Waals surface area contributed by atoms with Crippen LogP contribution in [-0.4, -0.2) is 25.8 Å². The first-order valence-corrected chi connectivity index (χ1v) is 8.12. The molecule has 1 aromatic carbocycles. The van der Waals surface area contributed by atoms with E-state index in [2.05, 4.69) is 15.9 Å². The molecule has 0 saturated heterocycles. The van der Waals surface area contributed by atoms with Crippen molar-refractivity contribution in [1.29, 1.82) is 0 Å². The summed E-state index contributed by atoms with van der Waals surface area (Å²) in [6.45, 7) is 3.88. The molecule has 1 atom stereocenters. The van der Waals surface area contributed by atoms with Gasteiger partial charge in [-0.15, -0.1) is 0 Å². The summed E-state index contributed by atoms with van der Waals surface area (Å²) in [6.07, 6.45) is 0.801. The largest absolute Gasteiger partial charge is 0.243 e. The van der Waals surface area contributed by atoms with Crippen molar-refractivity contribution in [2.45, 2.75) is 36.5 Å². The van der Waals surface area contributed by atoms with Gasteiger partial charge in [0.05, 0.1) is 4.90 Å². The van der Waals surface area contributed by atoms with Crippen molar-refractivity contribution in [3.05, 3.63) is 29.8 Å². The second-order valence-corrected chi connectivity index (χ2v) is 6.61. The van der Waals surface area contributed by atoms with Gasteiger partial charge >= 0.3 is 0 Å². The van der Waals surface area contributed by atoms with Gasteiger partial charge in [-0.05, 0) is 31.0 Å². The van der Waals surface area contributed by atoms with Crippen LogP contribution in [0.3, 0.4) is 0 Å². The summed E-state index contributed by atoms with van der Waals surface area (Å²) in [7, 11) is -1.73. The van der Waals surface area contributed by atoms with Crippen molar-refractivity contribution >= 4 is 26.0 Å². The maximum atomic E-state index is 12.2. The zero-order valence-corrected chi connectivity index (χ0v) is 12.8. The minimum atomic E-state index is -3.36. The fourth-order valence-corrected chi connectivity index (χ4v) is 3.22. The fraction of sp³-hybridized carbons (Fsp3) is 0.500. The van der Waals surface area contributed by atoms with Crippen LogP contribution < -0.4 is 0 Å². The molecular weight excluding hydrogens is 302 g/mol. The van der Waals surface area contributed by atoms with Crippen LogP contribution in [0, 0.1) is 0 Å². The molecule has 0 aliphatic heterocycles. The molecule has 3 nitrogen and oxygen atoms in total. The highest BCUT2D eigenvalue weighted by molar-refractivity contribution is 9.08. The fourth-order valence-electron chi connectivity index (χ4n) is 1.41. The Labute approximate surface area is 112 Å². The van der Waals surface area contributed by atoms with Crippen molar-refractivity contribution in [2.24, 2.45) is 0 Å². The highest BCUT2D eigenvalue weighted by atomic mass is 79.9. The zero-order chi connectivity index (χ0) is 13.1. The Balaban J connectivity index is 3.04. The third-order valence-electron chi connectivity index (χ3n) is 2.97. The van der Waals surface area contributed by atoms with E-state index in [1.807, 2.05) is 26.0 Å². The summed E-state index contributed by atoms with van der Waals surface area (Å²) in [4.78, 5) is 0.352. The predicted molar refractivity (Wildman–Crippen MR) is 73.8 cm³/mol. The number of hydrogen-bond acceptors (Lipinski definition) is 2. The zero-order valence-electron chi connectivity index (χ0n) is 10.4. The molecule has 17 heavy (non-hydrogen) atoms. The molecule has 0 fully saturated rings. The Kier molecular flexibility index (Phi) is 5.16. The Bertz CT molecular complexity index is 456. The number of hydrogen-bond donors (Lipinski definition) is 0. The maximum absolute atomic E-state index is 12.2. The summed E-state index contributed by atoms with van der Waals surface area (Å²) < 4.78 is 25.9. The first-order valence-electron chi connectivity index (χ1n) is 5.56. The van der Waals surface area contributed by atoms with Gasteiger partial charge in [-0.2, -0.15) is 4.31 Å². The van der Waals surface area contributed by atoms with Gasteiger partial charge in [-0.3, -0.25) is 0 Å². The van der Waals surface area contributed by atoms with Gasteiger partial charge < -0.3 is 0 Å². The van der Waals surface area contributed by atoms with Gasteiger partial charge in [-0.25, -0.2) is 8.42 Å². The molecule has 0 amide bonds. The lowest BCUT2D eigenvalue weighted by Gasteiger charge is -2.23. The van der Waals surface area contributed by atoms with Gasteiger partial charge in [0.15, 0.2) is 0 Å². The molecule has 0 aromatic heterocycles. The molecule has 0 aliphatic carbocycles. The van der Waals surface area contributed by atoms with Crippen LogP contribution in [0.1, 0.15) is 25.8 Å². The topological polar surface area (TPSA) is 37.4 Å². The second kappa shape index (κ2) is 5.98. The van der Waals surface area contributed by atoms with E-state index in [0.717, 1.165) is 17.3 Å². The van der Waals surface area contributed by atoms with Crippen LogP contribution in [0.4, 0.5) is 0 Å². The summed E-state index contributed by atoms with van der Waals surface area (Å²) >= 11 is 3.34. The molecule has 1 aromatic rings. The van der Waals surface area contributed by atoms with Gasteiger partial charge in [0, 0.05) is 18.4 Å².